The molecule has 0 spiro atoms. The van der Waals surface area contributed by atoms with Crippen LogP contribution in [0.1, 0.15) is 47.0 Å². The molecule has 0 amide bonds. The molecule has 2 fully saturated rings. The molecule has 2 nitrogen and oxygen atoms in total. The van der Waals surface area contributed by atoms with E-state index in [1.54, 1.807) is 0 Å². The lowest BCUT2D eigenvalue weighted by molar-refractivity contribution is -0.162. The van der Waals surface area contributed by atoms with Gasteiger partial charge in [-0.05, 0) is 43.4 Å². The first-order valence-electron chi connectivity index (χ1n) is 5.53. The molecule has 3 atom stereocenters. The molecule has 0 aromatic carbocycles. The molecule has 3 unspecified atom stereocenters. The molecule has 2 aliphatic carbocycles. The average molecular weight is 196 g/mol. The van der Waals surface area contributed by atoms with E-state index >= 15 is 0 Å². The molecule has 80 valence electrons. The van der Waals surface area contributed by atoms with Crippen LogP contribution in [0.4, 0.5) is 0 Å². The van der Waals surface area contributed by atoms with E-state index in [9.17, 15) is 4.79 Å². The van der Waals surface area contributed by atoms with Crippen LogP contribution in [0.3, 0.4) is 0 Å². The monoisotopic (exact) mass is 196 g/mol. The molecule has 14 heavy (non-hydrogen) atoms. The van der Waals surface area contributed by atoms with Crippen molar-refractivity contribution >= 4 is 5.97 Å². The van der Waals surface area contributed by atoms with E-state index in [-0.39, 0.29) is 11.6 Å². The smallest absolute Gasteiger partial charge is 0.303 e. The van der Waals surface area contributed by atoms with Crippen molar-refractivity contribution in [2.24, 2.45) is 17.3 Å². The summed E-state index contributed by atoms with van der Waals surface area (Å²) in [5.74, 6) is 1.21. The minimum atomic E-state index is -0.161. The van der Waals surface area contributed by atoms with Crippen molar-refractivity contribution in [2.75, 3.05) is 0 Å². The van der Waals surface area contributed by atoms with Gasteiger partial charge in [-0.3, -0.25) is 4.79 Å². The predicted molar refractivity (Wildman–Crippen MR) is 54.8 cm³/mol. The zero-order valence-electron chi connectivity index (χ0n) is 9.59. The van der Waals surface area contributed by atoms with Crippen LogP contribution in [-0.4, -0.2) is 11.6 Å². The van der Waals surface area contributed by atoms with Crippen LogP contribution >= 0.6 is 0 Å². The molecule has 2 bridgehead atoms. The molecular formula is C12H20O2. The van der Waals surface area contributed by atoms with E-state index in [1.807, 2.05) is 0 Å². The third-order valence-electron chi connectivity index (χ3n) is 4.34. The van der Waals surface area contributed by atoms with Crippen LogP contribution in [0.2, 0.25) is 0 Å². The second-order valence-electron chi connectivity index (χ2n) is 5.93. The molecule has 0 aromatic heterocycles. The van der Waals surface area contributed by atoms with Gasteiger partial charge in [-0.25, -0.2) is 0 Å². The van der Waals surface area contributed by atoms with Crippen molar-refractivity contribution < 1.29 is 9.53 Å². The van der Waals surface area contributed by atoms with Gasteiger partial charge in [-0.1, -0.05) is 13.8 Å². The maximum absolute atomic E-state index is 11.0. The summed E-state index contributed by atoms with van der Waals surface area (Å²) in [5, 5.41) is 0. The van der Waals surface area contributed by atoms with Gasteiger partial charge >= 0.3 is 5.97 Å². The van der Waals surface area contributed by atoms with Crippen LogP contribution in [0.5, 0.6) is 0 Å². The van der Waals surface area contributed by atoms with Crippen LogP contribution in [0, 0.1) is 17.3 Å². The zero-order valence-corrected chi connectivity index (χ0v) is 9.59. The zero-order chi connectivity index (χ0) is 10.6. The fourth-order valence-corrected chi connectivity index (χ4v) is 3.48. The van der Waals surface area contributed by atoms with Crippen molar-refractivity contribution in [3.63, 3.8) is 0 Å². The van der Waals surface area contributed by atoms with Crippen LogP contribution in [-0.2, 0) is 9.53 Å². The summed E-state index contributed by atoms with van der Waals surface area (Å²) in [6.07, 6.45) is 3.52. The standard InChI is InChI=1S/C12H20O2/c1-8(13)14-12(4)7-9-5-10(12)6-11(9,2)3/h9-10H,5-7H2,1-4H3. The Morgan fingerprint density at radius 1 is 1.21 bits per heavy atom. The average Bonchev–Trinajstić information content (AvgIpc) is 2.38. The molecule has 2 rings (SSSR count). The number of hydrogen-bond acceptors (Lipinski definition) is 2. The predicted octanol–water partition coefficient (Wildman–Crippen LogP) is 2.76. The number of carbonyl (C=O) groups excluding carboxylic acids is 1. The summed E-state index contributed by atoms with van der Waals surface area (Å²) in [4.78, 5) is 11.0. The first-order valence-corrected chi connectivity index (χ1v) is 5.53. The number of fused-ring (bicyclic) bond motifs is 2. The normalized spacial score (nSPS) is 44.0. The summed E-state index contributed by atoms with van der Waals surface area (Å²) >= 11 is 0. The Bertz CT molecular complexity index is 269. The van der Waals surface area contributed by atoms with Crippen molar-refractivity contribution in [2.45, 2.75) is 52.6 Å². The van der Waals surface area contributed by atoms with E-state index in [0.29, 0.717) is 11.3 Å². The molecule has 0 N–H and O–H groups in total. The van der Waals surface area contributed by atoms with Gasteiger partial charge in [0.2, 0.25) is 0 Å². The second-order valence-corrected chi connectivity index (χ2v) is 5.93. The van der Waals surface area contributed by atoms with Gasteiger partial charge in [0.25, 0.3) is 0 Å². The first-order chi connectivity index (χ1) is 6.33. The Kier molecular flexibility index (Phi) is 1.96. The second kappa shape index (κ2) is 2.74. The van der Waals surface area contributed by atoms with Crippen molar-refractivity contribution in [1.29, 1.82) is 0 Å². The molecule has 0 radical (unpaired) electrons. The highest BCUT2D eigenvalue weighted by Gasteiger charge is 2.57. The highest BCUT2D eigenvalue weighted by Crippen LogP contribution is 2.60. The molecule has 0 aliphatic heterocycles. The minimum absolute atomic E-state index is 0.127. The van der Waals surface area contributed by atoms with Crippen molar-refractivity contribution in [3.05, 3.63) is 0 Å². The summed E-state index contributed by atoms with van der Waals surface area (Å²) < 4.78 is 5.49. The van der Waals surface area contributed by atoms with Crippen molar-refractivity contribution in [1.82, 2.24) is 0 Å². The van der Waals surface area contributed by atoms with Gasteiger partial charge < -0.3 is 4.74 Å². The Morgan fingerprint density at radius 3 is 2.21 bits per heavy atom. The summed E-state index contributed by atoms with van der Waals surface area (Å²) in [6.45, 7) is 8.30. The van der Waals surface area contributed by atoms with E-state index in [0.717, 1.165) is 12.3 Å². The van der Waals surface area contributed by atoms with Crippen LogP contribution in [0.25, 0.3) is 0 Å². The van der Waals surface area contributed by atoms with Crippen LogP contribution in [0.15, 0.2) is 0 Å². The van der Waals surface area contributed by atoms with Crippen molar-refractivity contribution in [3.8, 4) is 0 Å². The first kappa shape index (κ1) is 10.0. The lowest BCUT2D eigenvalue weighted by atomic mass is 9.71. The van der Waals surface area contributed by atoms with Gasteiger partial charge in [-0.15, -0.1) is 0 Å². The maximum atomic E-state index is 11.0. The SMILES string of the molecule is CC(=O)OC1(C)CC2CC1CC2(C)C. The quantitative estimate of drug-likeness (QED) is 0.603. The Morgan fingerprint density at radius 2 is 1.86 bits per heavy atom. The minimum Gasteiger partial charge on any atom is -0.459 e. The fourth-order valence-electron chi connectivity index (χ4n) is 3.48. The lowest BCUT2D eigenvalue weighted by Gasteiger charge is -2.40. The number of ether oxygens (including phenoxy) is 1. The fraction of sp³-hybridized carbons (Fsp3) is 0.917. The molecule has 0 heterocycles. The van der Waals surface area contributed by atoms with E-state index < -0.39 is 0 Å². The van der Waals surface area contributed by atoms with E-state index in [2.05, 4.69) is 20.8 Å². The molecule has 2 heteroatoms. The molecule has 0 aromatic rings. The molecule has 2 saturated carbocycles. The molecule has 0 saturated heterocycles. The van der Waals surface area contributed by atoms with Gasteiger partial charge in [0.1, 0.15) is 5.60 Å². The highest BCUT2D eigenvalue weighted by molar-refractivity contribution is 5.66. The Hall–Kier alpha value is -0.530. The van der Waals surface area contributed by atoms with Gasteiger partial charge in [0.15, 0.2) is 0 Å². The van der Waals surface area contributed by atoms with Gasteiger partial charge in [-0.2, -0.15) is 0 Å². The Balaban J connectivity index is 2.12. The molecule has 2 aliphatic rings. The highest BCUT2D eigenvalue weighted by atomic mass is 16.6. The number of carbonyl (C=O) groups is 1. The third kappa shape index (κ3) is 1.35. The van der Waals surface area contributed by atoms with Gasteiger partial charge in [0, 0.05) is 6.92 Å². The number of hydrogen-bond donors (Lipinski definition) is 0. The summed E-state index contributed by atoms with van der Waals surface area (Å²) in [7, 11) is 0. The van der Waals surface area contributed by atoms with Crippen LogP contribution < -0.4 is 0 Å². The largest absolute Gasteiger partial charge is 0.459 e. The Labute approximate surface area is 86.0 Å². The molecular weight excluding hydrogens is 176 g/mol. The lowest BCUT2D eigenvalue weighted by Crippen LogP contribution is -2.40. The van der Waals surface area contributed by atoms with E-state index in [1.165, 1.54) is 19.8 Å². The number of esters is 1. The maximum Gasteiger partial charge on any atom is 0.303 e. The van der Waals surface area contributed by atoms with E-state index in [4.69, 9.17) is 4.74 Å². The van der Waals surface area contributed by atoms with Gasteiger partial charge in [0.05, 0.1) is 0 Å². The summed E-state index contributed by atoms with van der Waals surface area (Å²) in [5.41, 5.74) is 0.302. The number of rotatable bonds is 1. The summed E-state index contributed by atoms with van der Waals surface area (Å²) in [6, 6.07) is 0. The third-order valence-corrected chi connectivity index (χ3v) is 4.34. The topological polar surface area (TPSA) is 26.3 Å².